The second-order valence-electron chi connectivity index (χ2n) is 5.45. The van der Waals surface area contributed by atoms with Crippen molar-refractivity contribution in [2.45, 2.75) is 31.4 Å². The first-order valence-electron chi connectivity index (χ1n) is 7.20. The van der Waals surface area contributed by atoms with Gasteiger partial charge in [-0.15, -0.1) is 0 Å². The van der Waals surface area contributed by atoms with Gasteiger partial charge < -0.3 is 10.0 Å². The minimum absolute atomic E-state index is 0.0917. The lowest BCUT2D eigenvalue weighted by Crippen LogP contribution is -2.54. The van der Waals surface area contributed by atoms with Crippen molar-refractivity contribution in [1.82, 2.24) is 4.90 Å². The van der Waals surface area contributed by atoms with Crippen LogP contribution in [0.3, 0.4) is 0 Å². The number of hydrogen-bond donors (Lipinski definition) is 1. The van der Waals surface area contributed by atoms with Crippen LogP contribution in [0.2, 0.25) is 5.02 Å². The van der Waals surface area contributed by atoms with Gasteiger partial charge in [-0.1, -0.05) is 25.4 Å². The first-order valence-corrected chi connectivity index (χ1v) is 8.90. The molecule has 0 saturated carbocycles. The molecule has 1 aliphatic rings. The Balaban J connectivity index is 2.29. The summed E-state index contributed by atoms with van der Waals surface area (Å²) in [5.74, 6) is -1.52. The number of phenolic OH excluding ortho intramolecular Hbond substituents is 1. The summed E-state index contributed by atoms with van der Waals surface area (Å²) in [5.41, 5.74) is 0.0917. The fourth-order valence-corrected chi connectivity index (χ4v) is 4.72. The van der Waals surface area contributed by atoms with E-state index >= 15 is 0 Å². The van der Waals surface area contributed by atoms with Crippen LogP contribution in [-0.4, -0.2) is 43.7 Å². The largest absolute Gasteiger partial charge is 0.504 e. The van der Waals surface area contributed by atoms with Crippen LogP contribution in [0.25, 0.3) is 0 Å². The predicted octanol–water partition coefficient (Wildman–Crippen LogP) is 2.95. The molecule has 4 nitrogen and oxygen atoms in total. The molecule has 1 N–H and O–H groups in total. The van der Waals surface area contributed by atoms with Crippen LogP contribution in [-0.2, 0) is 10.8 Å². The number of nitrogens with zero attached hydrogens (tertiary/aromatic N) is 1. The van der Waals surface area contributed by atoms with Crippen molar-refractivity contribution >= 4 is 28.3 Å². The van der Waals surface area contributed by atoms with E-state index in [9.17, 15) is 18.5 Å². The van der Waals surface area contributed by atoms with E-state index in [1.807, 2.05) is 13.8 Å². The Labute approximate surface area is 136 Å². The van der Waals surface area contributed by atoms with Crippen LogP contribution in [0.5, 0.6) is 5.75 Å². The molecule has 1 unspecified atom stereocenters. The Morgan fingerprint density at radius 1 is 1.45 bits per heavy atom. The van der Waals surface area contributed by atoms with E-state index in [0.717, 1.165) is 6.07 Å². The highest BCUT2D eigenvalue weighted by molar-refractivity contribution is 7.86. The molecule has 0 spiro atoms. The summed E-state index contributed by atoms with van der Waals surface area (Å²) in [6.45, 7) is 4.68. The van der Waals surface area contributed by atoms with E-state index in [-0.39, 0.29) is 16.5 Å². The molecule has 0 radical (unpaired) electrons. The Kier molecular flexibility index (Phi) is 5.12. The molecular formula is C15H19ClFNO3S. The number of hydrogen-bond acceptors (Lipinski definition) is 3. The maximum Gasteiger partial charge on any atom is 0.254 e. The van der Waals surface area contributed by atoms with Gasteiger partial charge in [-0.25, -0.2) is 4.39 Å². The average molecular weight is 348 g/mol. The molecule has 1 amide bonds. The molecule has 1 atom stereocenters. The third-order valence-electron chi connectivity index (χ3n) is 4.35. The Bertz CT molecular complexity index is 596. The number of rotatable bonds is 3. The van der Waals surface area contributed by atoms with Crippen LogP contribution in [0.4, 0.5) is 4.39 Å². The second kappa shape index (κ2) is 6.54. The number of benzene rings is 1. The number of carbonyl (C=O) groups excluding carboxylic acids is 1. The number of carbonyl (C=O) groups is 1. The minimum atomic E-state index is -0.977. The summed E-state index contributed by atoms with van der Waals surface area (Å²) in [7, 11) is -0.977. The fraction of sp³-hybridized carbons (Fsp3) is 0.533. The van der Waals surface area contributed by atoms with Gasteiger partial charge in [-0.3, -0.25) is 9.00 Å². The fourth-order valence-electron chi connectivity index (χ4n) is 2.75. The van der Waals surface area contributed by atoms with Gasteiger partial charge >= 0.3 is 0 Å². The highest BCUT2D eigenvalue weighted by Crippen LogP contribution is 2.31. The molecule has 22 heavy (non-hydrogen) atoms. The molecule has 7 heteroatoms. The molecule has 1 heterocycles. The molecule has 0 aliphatic carbocycles. The quantitative estimate of drug-likeness (QED) is 0.914. The van der Waals surface area contributed by atoms with Crippen LogP contribution < -0.4 is 0 Å². The predicted molar refractivity (Wildman–Crippen MR) is 85.3 cm³/mol. The monoisotopic (exact) mass is 347 g/mol. The zero-order valence-electron chi connectivity index (χ0n) is 12.6. The average Bonchev–Trinajstić information content (AvgIpc) is 2.52. The zero-order chi connectivity index (χ0) is 16.5. The standard InChI is InChI=1S/C15H19ClFNO3S/c1-3-15(4-2)9-18(5-6-22(15)21)14(20)10-7-11(16)13(19)12(17)8-10/h7-8,19H,3-6,9H2,1-2H3. The first-order chi connectivity index (χ1) is 10.3. The van der Waals surface area contributed by atoms with Gasteiger partial charge in [0.25, 0.3) is 5.91 Å². The molecular weight excluding hydrogens is 329 g/mol. The molecule has 122 valence electrons. The van der Waals surface area contributed by atoms with Gasteiger partial charge in [0.05, 0.1) is 9.77 Å². The SMILES string of the molecule is CCC1(CC)CN(C(=O)c2cc(F)c(O)c(Cl)c2)CCS1=O. The van der Waals surface area contributed by atoms with E-state index in [1.165, 1.54) is 6.07 Å². The van der Waals surface area contributed by atoms with E-state index in [4.69, 9.17) is 11.6 Å². The topological polar surface area (TPSA) is 57.6 Å². The number of amides is 1. The van der Waals surface area contributed by atoms with Crippen LogP contribution in [0, 0.1) is 5.82 Å². The lowest BCUT2D eigenvalue weighted by atomic mass is 10.0. The van der Waals surface area contributed by atoms with Gasteiger partial charge in [0.15, 0.2) is 11.6 Å². The van der Waals surface area contributed by atoms with Crippen molar-refractivity contribution in [2.75, 3.05) is 18.8 Å². The highest BCUT2D eigenvalue weighted by atomic mass is 35.5. The summed E-state index contributed by atoms with van der Waals surface area (Å²) in [4.78, 5) is 14.2. The van der Waals surface area contributed by atoms with Gasteiger partial charge in [-0.2, -0.15) is 0 Å². The number of aromatic hydroxyl groups is 1. The van der Waals surface area contributed by atoms with Crippen molar-refractivity contribution in [1.29, 1.82) is 0 Å². The van der Waals surface area contributed by atoms with Crippen molar-refractivity contribution < 1.29 is 18.5 Å². The summed E-state index contributed by atoms with van der Waals surface area (Å²) >= 11 is 5.73. The maximum atomic E-state index is 13.6. The summed E-state index contributed by atoms with van der Waals surface area (Å²) in [6, 6.07) is 2.24. The number of halogens is 2. The lowest BCUT2D eigenvalue weighted by molar-refractivity contribution is 0.0735. The van der Waals surface area contributed by atoms with Crippen molar-refractivity contribution in [2.24, 2.45) is 0 Å². The molecule has 1 aromatic rings. The first kappa shape index (κ1) is 17.2. The van der Waals surface area contributed by atoms with Crippen molar-refractivity contribution in [3.63, 3.8) is 0 Å². The van der Waals surface area contributed by atoms with Crippen molar-refractivity contribution in [3.8, 4) is 5.75 Å². The summed E-state index contributed by atoms with van der Waals surface area (Å²) < 4.78 is 25.4. The number of phenols is 1. The summed E-state index contributed by atoms with van der Waals surface area (Å²) in [6.07, 6.45) is 1.43. The molecule has 1 saturated heterocycles. The van der Waals surface area contributed by atoms with Gasteiger partial charge in [0.2, 0.25) is 0 Å². The smallest absolute Gasteiger partial charge is 0.254 e. The lowest BCUT2D eigenvalue weighted by Gasteiger charge is -2.41. The van der Waals surface area contributed by atoms with Crippen LogP contribution in [0.1, 0.15) is 37.0 Å². The van der Waals surface area contributed by atoms with E-state index in [1.54, 1.807) is 4.90 Å². The Morgan fingerprint density at radius 3 is 2.64 bits per heavy atom. The van der Waals surface area contributed by atoms with Crippen LogP contribution >= 0.6 is 11.6 Å². The van der Waals surface area contributed by atoms with E-state index < -0.39 is 27.1 Å². The van der Waals surface area contributed by atoms with Crippen LogP contribution in [0.15, 0.2) is 12.1 Å². The second-order valence-corrected chi connectivity index (χ2v) is 7.83. The molecule has 1 aromatic carbocycles. The third kappa shape index (κ3) is 2.99. The van der Waals surface area contributed by atoms with Crippen molar-refractivity contribution in [3.05, 3.63) is 28.5 Å². The third-order valence-corrected chi connectivity index (χ3v) is 6.86. The van der Waals surface area contributed by atoms with Gasteiger partial charge in [0, 0.05) is 35.2 Å². The molecule has 1 fully saturated rings. The molecule has 0 bridgehead atoms. The molecule has 1 aliphatic heterocycles. The van der Waals surface area contributed by atoms with Gasteiger partial charge in [0.1, 0.15) is 0 Å². The minimum Gasteiger partial charge on any atom is -0.504 e. The molecule has 0 aromatic heterocycles. The van der Waals surface area contributed by atoms with E-state index in [0.29, 0.717) is 31.7 Å². The zero-order valence-corrected chi connectivity index (χ0v) is 14.1. The highest BCUT2D eigenvalue weighted by Gasteiger charge is 2.40. The van der Waals surface area contributed by atoms with E-state index in [2.05, 4.69) is 0 Å². The Hall–Kier alpha value is -1.14. The molecule has 2 rings (SSSR count). The van der Waals surface area contributed by atoms with Gasteiger partial charge in [-0.05, 0) is 25.0 Å². The maximum absolute atomic E-state index is 13.6. The Morgan fingerprint density at radius 2 is 2.09 bits per heavy atom. The summed E-state index contributed by atoms with van der Waals surface area (Å²) in [5, 5.41) is 9.15. The normalized spacial score (nSPS) is 20.9.